The summed E-state index contributed by atoms with van der Waals surface area (Å²) in [5, 5.41) is 5.28. The fourth-order valence-electron chi connectivity index (χ4n) is 4.32. The maximum atomic E-state index is 12.9. The van der Waals surface area contributed by atoms with Crippen LogP contribution in [-0.4, -0.2) is 17.6 Å². The Morgan fingerprint density at radius 2 is 1.84 bits per heavy atom. The molecule has 1 aromatic heterocycles. The molecule has 0 bridgehead atoms. The Labute approximate surface area is 187 Å². The highest BCUT2D eigenvalue weighted by Crippen LogP contribution is 2.27. The molecule has 1 aliphatic heterocycles. The molecule has 0 radical (unpaired) electrons. The highest BCUT2D eigenvalue weighted by Gasteiger charge is 2.29. The van der Waals surface area contributed by atoms with Gasteiger partial charge < -0.3 is 22.5 Å². The van der Waals surface area contributed by atoms with Crippen molar-refractivity contribution in [3.8, 4) is 17.0 Å². The first-order valence-corrected chi connectivity index (χ1v) is 10.3. The van der Waals surface area contributed by atoms with Crippen LogP contribution in [-0.2, 0) is 24.3 Å². The van der Waals surface area contributed by atoms with Crippen molar-refractivity contribution < 1.29 is 26.5 Å². The van der Waals surface area contributed by atoms with Crippen LogP contribution in [0.5, 0.6) is 5.75 Å². The zero-order valence-electron chi connectivity index (χ0n) is 17.3. The van der Waals surface area contributed by atoms with E-state index in [4.69, 9.17) is 4.74 Å². The SMILES string of the molecule is COc1ccc(-c2c[n+](CC(=O)Nc3cccc4ccccc34)c3n2CCC3)cc1.[Cl-]. The third-order valence-corrected chi connectivity index (χ3v) is 5.76. The van der Waals surface area contributed by atoms with E-state index in [0.29, 0.717) is 6.54 Å². The molecule has 3 aromatic carbocycles. The van der Waals surface area contributed by atoms with Crippen molar-refractivity contribution in [2.45, 2.75) is 25.9 Å². The van der Waals surface area contributed by atoms with Gasteiger partial charge in [0.15, 0.2) is 12.2 Å². The summed E-state index contributed by atoms with van der Waals surface area (Å²) >= 11 is 0. The normalized spacial score (nSPS) is 12.3. The Balaban J connectivity index is 0.00000231. The third-order valence-electron chi connectivity index (χ3n) is 5.76. The Bertz CT molecular complexity index is 1230. The van der Waals surface area contributed by atoms with E-state index in [1.54, 1.807) is 7.11 Å². The molecule has 4 aromatic rings. The summed E-state index contributed by atoms with van der Waals surface area (Å²) in [6, 6.07) is 22.2. The second-order valence-electron chi connectivity index (χ2n) is 7.62. The number of imidazole rings is 1. The average Bonchev–Trinajstić information content (AvgIpc) is 3.38. The summed E-state index contributed by atoms with van der Waals surface area (Å²) in [7, 11) is 1.67. The number of halogens is 1. The van der Waals surface area contributed by atoms with Crippen molar-refractivity contribution in [2.24, 2.45) is 0 Å². The van der Waals surface area contributed by atoms with Gasteiger partial charge in [0.2, 0.25) is 0 Å². The molecule has 0 spiro atoms. The van der Waals surface area contributed by atoms with E-state index in [-0.39, 0.29) is 18.3 Å². The molecule has 0 unspecified atom stereocenters. The van der Waals surface area contributed by atoms with Crippen LogP contribution in [0.2, 0.25) is 0 Å². The van der Waals surface area contributed by atoms with E-state index in [9.17, 15) is 4.79 Å². The second-order valence-corrected chi connectivity index (χ2v) is 7.62. The molecule has 0 saturated heterocycles. The molecule has 1 amide bonds. The molecule has 2 heterocycles. The van der Waals surface area contributed by atoms with Crippen LogP contribution >= 0.6 is 0 Å². The number of carbonyl (C=O) groups is 1. The van der Waals surface area contributed by atoms with Gasteiger partial charge in [-0.2, -0.15) is 0 Å². The smallest absolute Gasteiger partial charge is 0.266 e. The van der Waals surface area contributed by atoms with Gasteiger partial charge in [0.1, 0.15) is 11.9 Å². The van der Waals surface area contributed by atoms with E-state index >= 15 is 0 Å². The Morgan fingerprint density at radius 3 is 2.65 bits per heavy atom. The van der Waals surface area contributed by atoms with Gasteiger partial charge in [0, 0.05) is 16.6 Å². The maximum absolute atomic E-state index is 12.9. The number of hydrogen-bond acceptors (Lipinski definition) is 2. The number of rotatable bonds is 5. The lowest BCUT2D eigenvalue weighted by molar-refractivity contribution is -0.690. The van der Waals surface area contributed by atoms with E-state index in [2.05, 4.69) is 44.9 Å². The number of ether oxygens (including phenoxy) is 1. The lowest BCUT2D eigenvalue weighted by Gasteiger charge is -2.08. The Hall–Kier alpha value is -3.31. The molecule has 6 heteroatoms. The highest BCUT2D eigenvalue weighted by molar-refractivity contribution is 6.01. The van der Waals surface area contributed by atoms with Crippen molar-refractivity contribution in [3.63, 3.8) is 0 Å². The highest BCUT2D eigenvalue weighted by atomic mass is 35.5. The lowest BCUT2D eigenvalue weighted by Crippen LogP contribution is -3.00. The fourth-order valence-corrected chi connectivity index (χ4v) is 4.32. The first-order valence-electron chi connectivity index (χ1n) is 10.3. The molecule has 1 N–H and O–H groups in total. The number of nitrogens with one attached hydrogen (secondary N) is 1. The average molecular weight is 434 g/mol. The molecule has 1 aliphatic rings. The van der Waals surface area contributed by atoms with E-state index in [1.165, 1.54) is 5.82 Å². The van der Waals surface area contributed by atoms with Gasteiger partial charge in [0.25, 0.3) is 11.7 Å². The topological polar surface area (TPSA) is 47.1 Å². The van der Waals surface area contributed by atoms with Crippen molar-refractivity contribution >= 4 is 22.4 Å². The van der Waals surface area contributed by atoms with E-state index < -0.39 is 0 Å². The number of methoxy groups -OCH3 is 1. The molecule has 158 valence electrons. The van der Waals surface area contributed by atoms with Gasteiger partial charge >= 0.3 is 0 Å². The number of fused-ring (bicyclic) bond motifs is 2. The van der Waals surface area contributed by atoms with Crippen LogP contribution in [0, 0.1) is 0 Å². The Kier molecular flexibility index (Phi) is 5.96. The molecule has 5 rings (SSSR count). The number of anilines is 1. The first-order chi connectivity index (χ1) is 14.7. The summed E-state index contributed by atoms with van der Waals surface area (Å²) in [5.74, 6) is 2.03. The van der Waals surface area contributed by atoms with Gasteiger partial charge in [-0.05, 0) is 42.1 Å². The monoisotopic (exact) mass is 433 g/mol. The number of nitrogens with zero attached hydrogens (tertiary/aromatic N) is 2. The lowest BCUT2D eigenvalue weighted by atomic mass is 10.1. The molecule has 5 nitrogen and oxygen atoms in total. The van der Waals surface area contributed by atoms with E-state index in [1.807, 2.05) is 42.5 Å². The summed E-state index contributed by atoms with van der Waals surface area (Å²) in [6.07, 6.45) is 4.18. The van der Waals surface area contributed by atoms with Crippen LogP contribution < -0.4 is 27.0 Å². The fraction of sp³-hybridized carbons (Fsp3) is 0.200. The van der Waals surface area contributed by atoms with Crippen LogP contribution in [0.25, 0.3) is 22.0 Å². The zero-order chi connectivity index (χ0) is 20.5. The van der Waals surface area contributed by atoms with E-state index in [0.717, 1.165) is 52.9 Å². The minimum Gasteiger partial charge on any atom is -1.00 e. The van der Waals surface area contributed by atoms with Crippen LogP contribution in [0.1, 0.15) is 12.2 Å². The largest absolute Gasteiger partial charge is 1.00 e. The van der Waals surface area contributed by atoms with Gasteiger partial charge in [-0.1, -0.05) is 36.4 Å². The molecule has 31 heavy (non-hydrogen) atoms. The van der Waals surface area contributed by atoms with Gasteiger partial charge in [0.05, 0.1) is 20.1 Å². The predicted octanol–water partition coefficient (Wildman–Crippen LogP) is 1.19. The van der Waals surface area contributed by atoms with Gasteiger partial charge in [-0.25, -0.2) is 9.13 Å². The zero-order valence-corrected chi connectivity index (χ0v) is 18.1. The van der Waals surface area contributed by atoms with Gasteiger partial charge in [-0.15, -0.1) is 0 Å². The summed E-state index contributed by atoms with van der Waals surface area (Å²) in [6.45, 7) is 1.28. The second kappa shape index (κ2) is 8.82. The quantitative estimate of drug-likeness (QED) is 0.481. The van der Waals surface area contributed by atoms with Gasteiger partial charge in [-0.3, -0.25) is 4.79 Å². The van der Waals surface area contributed by atoms with Crippen molar-refractivity contribution in [2.75, 3.05) is 12.4 Å². The molecule has 0 saturated carbocycles. The summed E-state index contributed by atoms with van der Waals surface area (Å²) < 4.78 is 9.69. The number of aromatic nitrogens is 2. The standard InChI is InChI=1S/C25H23N3O2.ClH/c1-30-20-13-11-19(12-14-20)23-16-27(25-10-5-15-28(23)25)17-24(29)26-22-9-4-7-18-6-2-3-8-21(18)22;/h2-4,6-9,11-14,16H,5,10,15,17H2,1H3;1H. The van der Waals surface area contributed by atoms with Crippen LogP contribution in [0.4, 0.5) is 5.69 Å². The van der Waals surface area contributed by atoms with Crippen molar-refractivity contribution in [1.29, 1.82) is 0 Å². The first kappa shape index (κ1) is 20.9. The third kappa shape index (κ3) is 4.01. The summed E-state index contributed by atoms with van der Waals surface area (Å²) in [5.41, 5.74) is 3.13. The Morgan fingerprint density at radius 1 is 1.06 bits per heavy atom. The minimum atomic E-state index is -0.0158. The minimum absolute atomic E-state index is 0. The predicted molar refractivity (Wildman–Crippen MR) is 118 cm³/mol. The number of carbonyl (C=O) groups excluding carboxylic acids is 1. The van der Waals surface area contributed by atoms with Crippen LogP contribution in [0.15, 0.2) is 72.9 Å². The van der Waals surface area contributed by atoms with Crippen molar-refractivity contribution in [3.05, 3.63) is 78.8 Å². The number of hydrogen-bond donors (Lipinski definition) is 1. The molecular formula is C25H24ClN3O2. The molecule has 0 atom stereocenters. The van der Waals surface area contributed by atoms with Crippen LogP contribution in [0.3, 0.4) is 0 Å². The molecule has 0 fully saturated rings. The van der Waals surface area contributed by atoms with Crippen molar-refractivity contribution in [1.82, 2.24) is 4.57 Å². The maximum Gasteiger partial charge on any atom is 0.266 e. The molecule has 0 aliphatic carbocycles. The number of amides is 1. The number of benzene rings is 3. The summed E-state index contributed by atoms with van der Waals surface area (Å²) in [4.78, 5) is 12.9. The molecular weight excluding hydrogens is 410 g/mol.